The first-order valence-electron chi connectivity index (χ1n) is 4.97. The number of carbonyl (C=O) groups is 1. The molecule has 0 saturated carbocycles. The van der Waals surface area contributed by atoms with Crippen LogP contribution in [0.15, 0.2) is 5.10 Å². The van der Waals surface area contributed by atoms with Gasteiger partial charge >= 0.3 is 18.3 Å². The molecule has 4 nitrogen and oxygen atoms in total. The Kier molecular flexibility index (Phi) is 5.63. The summed E-state index contributed by atoms with van der Waals surface area (Å²) in [5.74, 6) is -5.74. The minimum absolute atomic E-state index is 0.367. The zero-order valence-corrected chi connectivity index (χ0v) is 10.3. The van der Waals surface area contributed by atoms with Crippen LogP contribution in [0.25, 0.3) is 0 Å². The van der Waals surface area contributed by atoms with Crippen molar-refractivity contribution in [1.29, 1.82) is 0 Å². The van der Waals surface area contributed by atoms with Crippen LogP contribution in [0.4, 0.5) is 26.3 Å². The van der Waals surface area contributed by atoms with Crippen LogP contribution in [0, 0.1) is 5.92 Å². The fourth-order valence-corrected chi connectivity index (χ4v) is 1.13. The predicted octanol–water partition coefficient (Wildman–Crippen LogP) is 2.21. The molecule has 10 heteroatoms. The second-order valence-corrected chi connectivity index (χ2v) is 3.57. The summed E-state index contributed by atoms with van der Waals surface area (Å²) in [6.07, 6.45) is -11.4. The lowest BCUT2D eigenvalue weighted by Gasteiger charge is -2.24. The van der Waals surface area contributed by atoms with Crippen LogP contribution < -0.4 is 0 Å². The highest BCUT2D eigenvalue weighted by Gasteiger charge is 2.61. The van der Waals surface area contributed by atoms with Gasteiger partial charge in [0, 0.05) is 14.1 Å². The molecule has 0 aromatic rings. The van der Waals surface area contributed by atoms with E-state index in [2.05, 4.69) is 9.84 Å². The Morgan fingerprint density at radius 3 is 1.84 bits per heavy atom. The van der Waals surface area contributed by atoms with Gasteiger partial charge in [0.25, 0.3) is 0 Å². The van der Waals surface area contributed by atoms with Gasteiger partial charge in [0.15, 0.2) is 5.71 Å². The predicted molar refractivity (Wildman–Crippen MR) is 53.4 cm³/mol. The van der Waals surface area contributed by atoms with Gasteiger partial charge in [-0.05, 0) is 6.92 Å². The monoisotopic (exact) mass is 294 g/mol. The second kappa shape index (κ2) is 6.11. The molecule has 0 heterocycles. The number of hydrazone groups is 1. The van der Waals surface area contributed by atoms with E-state index in [1.165, 1.54) is 6.92 Å². The van der Waals surface area contributed by atoms with Gasteiger partial charge in [0.05, 0.1) is 6.61 Å². The molecule has 0 unspecified atom stereocenters. The minimum atomic E-state index is -5.69. The van der Waals surface area contributed by atoms with Crippen molar-refractivity contribution in [3.8, 4) is 0 Å². The molecule has 0 fully saturated rings. The van der Waals surface area contributed by atoms with Crippen LogP contribution in [0.1, 0.15) is 6.92 Å². The lowest BCUT2D eigenvalue weighted by Crippen LogP contribution is -2.46. The number of esters is 1. The summed E-state index contributed by atoms with van der Waals surface area (Å²) in [5, 5.41) is 3.63. The van der Waals surface area contributed by atoms with Crippen molar-refractivity contribution in [3.63, 3.8) is 0 Å². The fourth-order valence-electron chi connectivity index (χ4n) is 1.13. The average Bonchev–Trinajstić information content (AvgIpc) is 2.11. The third-order valence-corrected chi connectivity index (χ3v) is 1.72. The maximum atomic E-state index is 12.5. The highest BCUT2D eigenvalue weighted by molar-refractivity contribution is 6.37. The summed E-state index contributed by atoms with van der Waals surface area (Å²) in [4.78, 5) is 11.2. The maximum Gasteiger partial charge on any atom is 0.406 e. The summed E-state index contributed by atoms with van der Waals surface area (Å²) < 4.78 is 79.1. The molecular formula is C9H12F6N2O2. The number of hydrogen-bond acceptors (Lipinski definition) is 4. The molecule has 112 valence electrons. The first-order chi connectivity index (χ1) is 8.41. The van der Waals surface area contributed by atoms with Crippen molar-refractivity contribution in [2.45, 2.75) is 19.3 Å². The maximum absolute atomic E-state index is 12.5. The molecule has 0 aliphatic carbocycles. The Morgan fingerprint density at radius 2 is 1.58 bits per heavy atom. The van der Waals surface area contributed by atoms with E-state index in [9.17, 15) is 31.1 Å². The number of alkyl halides is 6. The van der Waals surface area contributed by atoms with E-state index in [0.717, 1.165) is 14.1 Å². The van der Waals surface area contributed by atoms with E-state index >= 15 is 0 Å². The number of rotatable bonds is 4. The van der Waals surface area contributed by atoms with Gasteiger partial charge in [-0.25, -0.2) is 4.79 Å². The van der Waals surface area contributed by atoms with Gasteiger partial charge in [-0.1, -0.05) is 0 Å². The highest BCUT2D eigenvalue weighted by atomic mass is 19.4. The van der Waals surface area contributed by atoms with E-state index < -0.39 is 30.0 Å². The Morgan fingerprint density at radius 1 is 1.16 bits per heavy atom. The summed E-state index contributed by atoms with van der Waals surface area (Å²) in [5.41, 5.74) is -1.74. The molecule has 0 amide bonds. The van der Waals surface area contributed by atoms with E-state index in [0.29, 0.717) is 5.01 Å². The van der Waals surface area contributed by atoms with Crippen LogP contribution >= 0.6 is 0 Å². The standard InChI is InChI=1S/C9H12F6N2O2/c1-4-19-7(18)5(16-17(2)3)6(8(10,11)12)9(13,14)15/h6H,4H2,1-3H3. The van der Waals surface area contributed by atoms with E-state index in [4.69, 9.17) is 0 Å². The Labute approximate surface area is 105 Å². The normalized spacial score (nSPS) is 13.7. The zero-order valence-electron chi connectivity index (χ0n) is 10.3. The van der Waals surface area contributed by atoms with Gasteiger partial charge in [0.2, 0.25) is 5.92 Å². The van der Waals surface area contributed by atoms with Gasteiger partial charge in [-0.15, -0.1) is 0 Å². The van der Waals surface area contributed by atoms with Gasteiger partial charge in [0.1, 0.15) is 0 Å². The first kappa shape index (κ1) is 17.5. The molecule has 0 aliphatic heterocycles. The molecule has 0 N–H and O–H groups in total. The van der Waals surface area contributed by atoms with E-state index in [-0.39, 0.29) is 6.61 Å². The Balaban J connectivity index is 5.72. The number of halogens is 6. The molecule has 0 aromatic heterocycles. The van der Waals surface area contributed by atoms with Crippen LogP contribution in [0.5, 0.6) is 0 Å². The number of carbonyl (C=O) groups excluding carboxylic acids is 1. The first-order valence-corrected chi connectivity index (χ1v) is 4.97. The fraction of sp³-hybridized carbons (Fsp3) is 0.778. The Bertz CT molecular complexity index is 334. The second-order valence-electron chi connectivity index (χ2n) is 3.57. The summed E-state index contributed by atoms with van der Waals surface area (Å²) >= 11 is 0. The summed E-state index contributed by atoms with van der Waals surface area (Å²) in [6, 6.07) is 0. The third-order valence-electron chi connectivity index (χ3n) is 1.72. The van der Waals surface area contributed by atoms with Crippen molar-refractivity contribution in [1.82, 2.24) is 5.01 Å². The van der Waals surface area contributed by atoms with Crippen molar-refractivity contribution in [2.24, 2.45) is 11.0 Å². The molecule has 19 heavy (non-hydrogen) atoms. The van der Waals surface area contributed by atoms with E-state index in [1.807, 2.05) is 0 Å². The van der Waals surface area contributed by atoms with Gasteiger partial charge in [-0.2, -0.15) is 31.4 Å². The SMILES string of the molecule is CCOC(=O)C(=NN(C)C)C(C(F)(F)F)C(F)(F)F. The number of ether oxygens (including phenoxy) is 1. The topological polar surface area (TPSA) is 41.9 Å². The number of nitrogens with zero attached hydrogens (tertiary/aromatic N) is 2. The lowest BCUT2D eigenvalue weighted by molar-refractivity contribution is -0.261. The van der Waals surface area contributed by atoms with Gasteiger partial charge < -0.3 is 9.75 Å². The molecule has 0 bridgehead atoms. The van der Waals surface area contributed by atoms with Gasteiger partial charge in [-0.3, -0.25) is 0 Å². The van der Waals surface area contributed by atoms with Crippen LogP contribution in [0.3, 0.4) is 0 Å². The van der Waals surface area contributed by atoms with Crippen LogP contribution in [-0.4, -0.2) is 49.7 Å². The van der Waals surface area contributed by atoms with Crippen molar-refractivity contribution < 1.29 is 35.9 Å². The molecule has 0 aliphatic rings. The molecule has 0 saturated heterocycles. The highest BCUT2D eigenvalue weighted by Crippen LogP contribution is 2.40. The number of hydrogen-bond donors (Lipinski definition) is 0. The largest absolute Gasteiger partial charge is 0.461 e. The third kappa shape index (κ3) is 5.35. The minimum Gasteiger partial charge on any atom is -0.461 e. The Hall–Kier alpha value is -1.48. The quantitative estimate of drug-likeness (QED) is 0.345. The molecule has 0 aromatic carbocycles. The van der Waals surface area contributed by atoms with Crippen molar-refractivity contribution in [3.05, 3.63) is 0 Å². The average molecular weight is 294 g/mol. The van der Waals surface area contributed by atoms with Crippen molar-refractivity contribution in [2.75, 3.05) is 20.7 Å². The van der Waals surface area contributed by atoms with E-state index in [1.54, 1.807) is 0 Å². The van der Waals surface area contributed by atoms with Crippen LogP contribution in [-0.2, 0) is 9.53 Å². The molecule has 0 atom stereocenters. The molecule has 0 rings (SSSR count). The summed E-state index contributed by atoms with van der Waals surface area (Å²) in [7, 11) is 2.17. The zero-order chi connectivity index (χ0) is 15.4. The lowest BCUT2D eigenvalue weighted by atomic mass is 10.0. The van der Waals surface area contributed by atoms with Crippen molar-refractivity contribution >= 4 is 11.7 Å². The molecule has 0 spiro atoms. The molecular weight excluding hydrogens is 282 g/mol. The molecule has 0 radical (unpaired) electrons. The summed E-state index contributed by atoms with van der Waals surface area (Å²) in [6.45, 7) is 0.884. The van der Waals surface area contributed by atoms with Crippen LogP contribution in [0.2, 0.25) is 0 Å². The smallest absolute Gasteiger partial charge is 0.406 e.